The monoisotopic (exact) mass is 404 g/mol. The molecule has 0 heterocycles. The second kappa shape index (κ2) is 7.77. The predicted molar refractivity (Wildman–Crippen MR) is 103 cm³/mol. The summed E-state index contributed by atoms with van der Waals surface area (Å²) in [7, 11) is -3.99. The second-order valence-electron chi connectivity index (χ2n) is 5.58. The molecule has 0 radical (unpaired) electrons. The topological polar surface area (TPSA) is 75.3 Å². The Bertz CT molecular complexity index is 1070. The molecule has 3 aromatic rings. The first-order valence-corrected chi connectivity index (χ1v) is 9.65. The summed E-state index contributed by atoms with van der Waals surface area (Å²) in [6.45, 7) is 0. The largest absolute Gasteiger partial charge is 0.322 e. The van der Waals surface area contributed by atoms with Crippen molar-refractivity contribution in [1.82, 2.24) is 0 Å². The highest BCUT2D eigenvalue weighted by Crippen LogP contribution is 2.25. The molecule has 0 aliphatic rings. The zero-order valence-electron chi connectivity index (χ0n) is 13.8. The Morgan fingerprint density at radius 2 is 1.56 bits per heavy atom. The van der Waals surface area contributed by atoms with Gasteiger partial charge in [0.2, 0.25) is 0 Å². The van der Waals surface area contributed by atoms with Crippen LogP contribution in [0, 0.1) is 5.82 Å². The van der Waals surface area contributed by atoms with Crippen LogP contribution in [-0.2, 0) is 10.0 Å². The van der Waals surface area contributed by atoms with Gasteiger partial charge >= 0.3 is 0 Å². The van der Waals surface area contributed by atoms with E-state index in [0.29, 0.717) is 11.4 Å². The number of carbonyl (C=O) groups is 1. The van der Waals surface area contributed by atoms with Crippen molar-refractivity contribution in [1.29, 1.82) is 0 Å². The zero-order valence-corrected chi connectivity index (χ0v) is 15.4. The highest BCUT2D eigenvalue weighted by molar-refractivity contribution is 7.92. The number of hydrogen-bond acceptors (Lipinski definition) is 3. The lowest BCUT2D eigenvalue weighted by Gasteiger charge is -2.11. The van der Waals surface area contributed by atoms with E-state index in [1.807, 2.05) is 0 Å². The fourth-order valence-corrected chi connectivity index (χ4v) is 3.89. The van der Waals surface area contributed by atoms with Crippen molar-refractivity contribution in [2.75, 3.05) is 10.0 Å². The number of carbonyl (C=O) groups excluding carboxylic acids is 1. The van der Waals surface area contributed by atoms with E-state index in [-0.39, 0.29) is 15.5 Å². The Morgan fingerprint density at radius 1 is 0.889 bits per heavy atom. The van der Waals surface area contributed by atoms with Crippen molar-refractivity contribution in [3.8, 4) is 0 Å². The normalized spacial score (nSPS) is 11.0. The maximum absolute atomic E-state index is 13.0. The van der Waals surface area contributed by atoms with Gasteiger partial charge in [0, 0.05) is 16.9 Å². The van der Waals surface area contributed by atoms with Gasteiger partial charge in [-0.1, -0.05) is 29.8 Å². The number of rotatable bonds is 5. The molecule has 0 fully saturated rings. The molecule has 0 aromatic heterocycles. The quantitative estimate of drug-likeness (QED) is 0.655. The molecule has 0 unspecified atom stereocenters. The van der Waals surface area contributed by atoms with Gasteiger partial charge < -0.3 is 5.32 Å². The van der Waals surface area contributed by atoms with E-state index in [1.165, 1.54) is 42.5 Å². The number of anilines is 2. The molecule has 0 bridgehead atoms. The first kappa shape index (κ1) is 18.9. The molecular formula is C19H14ClFN2O3S. The van der Waals surface area contributed by atoms with Crippen LogP contribution in [0.15, 0.2) is 77.7 Å². The van der Waals surface area contributed by atoms with Crippen LogP contribution >= 0.6 is 11.6 Å². The van der Waals surface area contributed by atoms with Crippen molar-refractivity contribution in [3.05, 3.63) is 89.2 Å². The molecule has 0 aliphatic heterocycles. The van der Waals surface area contributed by atoms with Gasteiger partial charge in [-0.05, 0) is 54.6 Å². The third-order valence-corrected chi connectivity index (χ3v) is 5.47. The Morgan fingerprint density at radius 3 is 2.22 bits per heavy atom. The molecule has 0 atom stereocenters. The molecular weight excluding hydrogens is 391 g/mol. The summed E-state index contributed by atoms with van der Waals surface area (Å²) >= 11 is 6.04. The second-order valence-corrected chi connectivity index (χ2v) is 7.64. The maximum Gasteiger partial charge on any atom is 0.263 e. The van der Waals surface area contributed by atoms with E-state index in [0.717, 1.165) is 0 Å². The minimum absolute atomic E-state index is 0.0169. The van der Waals surface area contributed by atoms with Crippen LogP contribution in [0.4, 0.5) is 15.8 Å². The van der Waals surface area contributed by atoms with Gasteiger partial charge in [0.05, 0.1) is 5.02 Å². The summed E-state index contributed by atoms with van der Waals surface area (Å²) in [6.07, 6.45) is 0. The average molecular weight is 405 g/mol. The van der Waals surface area contributed by atoms with E-state index < -0.39 is 21.7 Å². The molecule has 138 valence electrons. The maximum atomic E-state index is 13.0. The molecule has 5 nitrogen and oxygen atoms in total. The molecule has 0 aliphatic carbocycles. The van der Waals surface area contributed by atoms with E-state index >= 15 is 0 Å². The number of para-hydroxylation sites is 1. The molecule has 2 N–H and O–H groups in total. The van der Waals surface area contributed by atoms with E-state index in [2.05, 4.69) is 10.0 Å². The minimum Gasteiger partial charge on any atom is -0.322 e. The Kier molecular flexibility index (Phi) is 5.43. The molecule has 3 aromatic carbocycles. The van der Waals surface area contributed by atoms with Crippen LogP contribution in [-0.4, -0.2) is 14.3 Å². The lowest BCUT2D eigenvalue weighted by atomic mass is 10.2. The summed E-state index contributed by atoms with van der Waals surface area (Å²) in [4.78, 5) is 12.2. The van der Waals surface area contributed by atoms with Crippen LogP contribution in [0.5, 0.6) is 0 Å². The SMILES string of the molecule is O=C(Nc1ccc(F)cc1)c1ccc(Cl)c(S(=O)(=O)Nc2ccccc2)c1. The fraction of sp³-hybridized carbons (Fsp3) is 0. The van der Waals surface area contributed by atoms with Crippen molar-refractivity contribution < 1.29 is 17.6 Å². The molecule has 0 spiro atoms. The number of hydrogen-bond donors (Lipinski definition) is 2. The summed E-state index contributed by atoms with van der Waals surface area (Å²) in [5.41, 5.74) is 0.843. The van der Waals surface area contributed by atoms with Gasteiger partial charge in [-0.3, -0.25) is 9.52 Å². The van der Waals surface area contributed by atoms with E-state index in [9.17, 15) is 17.6 Å². The van der Waals surface area contributed by atoms with Crippen LogP contribution in [0.2, 0.25) is 5.02 Å². The van der Waals surface area contributed by atoms with Crippen molar-refractivity contribution in [2.45, 2.75) is 4.90 Å². The smallest absolute Gasteiger partial charge is 0.263 e. The number of benzene rings is 3. The highest BCUT2D eigenvalue weighted by atomic mass is 35.5. The summed E-state index contributed by atoms with van der Waals surface area (Å²) < 4.78 is 40.6. The van der Waals surface area contributed by atoms with Gasteiger partial charge in [0.15, 0.2) is 0 Å². The Hall–Kier alpha value is -2.90. The number of halogens is 2. The fourth-order valence-electron chi connectivity index (χ4n) is 2.30. The molecule has 8 heteroatoms. The van der Waals surface area contributed by atoms with Gasteiger partial charge in [-0.2, -0.15) is 0 Å². The van der Waals surface area contributed by atoms with Crippen LogP contribution in [0.3, 0.4) is 0 Å². The third kappa shape index (κ3) is 4.64. The molecule has 3 rings (SSSR count). The minimum atomic E-state index is -3.99. The summed E-state index contributed by atoms with van der Waals surface area (Å²) in [6, 6.07) is 17.5. The first-order chi connectivity index (χ1) is 12.8. The van der Waals surface area contributed by atoms with Crippen LogP contribution in [0.1, 0.15) is 10.4 Å². The zero-order chi connectivity index (χ0) is 19.4. The van der Waals surface area contributed by atoms with Crippen LogP contribution < -0.4 is 10.0 Å². The van der Waals surface area contributed by atoms with Crippen LogP contribution in [0.25, 0.3) is 0 Å². The van der Waals surface area contributed by atoms with Gasteiger partial charge in [-0.25, -0.2) is 12.8 Å². The summed E-state index contributed by atoms with van der Waals surface area (Å²) in [5.74, 6) is -0.978. The summed E-state index contributed by atoms with van der Waals surface area (Å²) in [5, 5.41) is 2.55. The highest BCUT2D eigenvalue weighted by Gasteiger charge is 2.20. The Labute approximate surface area is 160 Å². The van der Waals surface area contributed by atoms with E-state index in [1.54, 1.807) is 30.3 Å². The van der Waals surface area contributed by atoms with E-state index in [4.69, 9.17) is 11.6 Å². The standard InChI is InChI=1S/C19H14ClFN2O3S/c20-17-11-6-13(19(24)22-15-9-7-14(21)8-10-15)12-18(17)27(25,26)23-16-4-2-1-3-5-16/h1-12,23H,(H,22,24). The Balaban J connectivity index is 1.87. The average Bonchev–Trinajstić information content (AvgIpc) is 2.64. The van der Waals surface area contributed by atoms with Crippen molar-refractivity contribution in [3.63, 3.8) is 0 Å². The predicted octanol–water partition coefficient (Wildman–Crippen LogP) is 4.53. The molecule has 0 saturated carbocycles. The molecule has 27 heavy (non-hydrogen) atoms. The third-order valence-electron chi connectivity index (χ3n) is 3.61. The van der Waals surface area contributed by atoms with Gasteiger partial charge in [0.25, 0.3) is 15.9 Å². The van der Waals surface area contributed by atoms with Gasteiger partial charge in [0.1, 0.15) is 10.7 Å². The number of nitrogens with one attached hydrogen (secondary N) is 2. The molecule has 1 amide bonds. The van der Waals surface area contributed by atoms with Crippen molar-refractivity contribution in [2.24, 2.45) is 0 Å². The number of sulfonamides is 1. The molecule has 0 saturated heterocycles. The first-order valence-electron chi connectivity index (χ1n) is 7.79. The van der Waals surface area contributed by atoms with Crippen molar-refractivity contribution >= 4 is 38.9 Å². The van der Waals surface area contributed by atoms with Gasteiger partial charge in [-0.15, -0.1) is 0 Å². The lowest BCUT2D eigenvalue weighted by Crippen LogP contribution is -2.16. The lowest BCUT2D eigenvalue weighted by molar-refractivity contribution is 0.102. The number of amides is 1.